The molecule has 2 aromatic carbocycles. The van der Waals surface area contributed by atoms with E-state index in [1.807, 2.05) is 11.8 Å². The third-order valence-electron chi connectivity index (χ3n) is 7.70. The summed E-state index contributed by atoms with van der Waals surface area (Å²) in [6, 6.07) is 11.8. The second kappa shape index (κ2) is 11.7. The number of ether oxygens (including phenoxy) is 3. The number of imidazole rings is 1. The number of rotatable bonds is 10. The number of aliphatic hydroxyl groups is 1. The molecule has 0 aliphatic carbocycles. The normalized spacial score (nSPS) is 15.1. The zero-order valence-electron chi connectivity index (χ0n) is 24.8. The Labute approximate surface area is 254 Å². The van der Waals surface area contributed by atoms with Crippen LogP contribution in [0.5, 0.6) is 17.2 Å². The number of aromatic nitrogens is 5. The molecule has 2 N–H and O–H groups in total. The number of benzene rings is 2. The number of aryl methyl sites for hydroxylation is 1. The number of hydrogen-bond donors (Lipinski definition) is 2. The number of methoxy groups -OCH3 is 3. The Morgan fingerprint density at radius 2 is 1.75 bits per heavy atom. The lowest BCUT2D eigenvalue weighted by Crippen LogP contribution is -2.33. The van der Waals surface area contributed by atoms with Crippen LogP contribution in [0.3, 0.4) is 0 Å². The van der Waals surface area contributed by atoms with E-state index in [4.69, 9.17) is 19.2 Å². The summed E-state index contributed by atoms with van der Waals surface area (Å²) >= 11 is 0. The fraction of sp³-hybridized carbons (Fsp3) is 0.300. The molecule has 5 aromatic rings. The van der Waals surface area contributed by atoms with Crippen molar-refractivity contribution in [2.45, 2.75) is 30.7 Å². The molecule has 4 heterocycles. The van der Waals surface area contributed by atoms with Crippen molar-refractivity contribution in [1.82, 2.24) is 23.5 Å². The van der Waals surface area contributed by atoms with Gasteiger partial charge < -0.3 is 34.1 Å². The van der Waals surface area contributed by atoms with Gasteiger partial charge in [-0.15, -0.1) is 0 Å². The van der Waals surface area contributed by atoms with Crippen molar-refractivity contribution >= 4 is 38.6 Å². The number of hydrogen-bond acceptors (Lipinski definition) is 11. The van der Waals surface area contributed by atoms with Gasteiger partial charge in [0.1, 0.15) is 12.1 Å². The molecular weight excluding hydrogens is 586 g/mol. The maximum Gasteiger partial charge on any atom is 0.269 e. The number of aliphatic hydroxyl groups excluding tert-OH is 1. The average molecular weight is 620 g/mol. The lowest BCUT2D eigenvalue weighted by atomic mass is 10.2. The molecule has 1 saturated heterocycles. The van der Waals surface area contributed by atoms with Gasteiger partial charge in [-0.25, -0.2) is 17.4 Å². The second-order valence-corrected chi connectivity index (χ2v) is 12.2. The van der Waals surface area contributed by atoms with Gasteiger partial charge in [0.05, 0.1) is 56.1 Å². The lowest BCUT2D eigenvalue weighted by Gasteiger charge is -2.25. The van der Waals surface area contributed by atoms with E-state index in [1.165, 1.54) is 17.3 Å². The fourth-order valence-corrected chi connectivity index (χ4v) is 6.73. The van der Waals surface area contributed by atoms with Crippen molar-refractivity contribution in [3.63, 3.8) is 0 Å². The first-order valence-electron chi connectivity index (χ1n) is 14.0. The van der Waals surface area contributed by atoms with Crippen LogP contribution in [0.4, 0.5) is 17.6 Å². The highest BCUT2D eigenvalue weighted by atomic mass is 32.2. The summed E-state index contributed by atoms with van der Waals surface area (Å²) in [5.74, 6) is 2.56. The molecule has 6 rings (SSSR count). The minimum Gasteiger partial charge on any atom is -0.493 e. The van der Waals surface area contributed by atoms with Gasteiger partial charge in [0.25, 0.3) is 10.0 Å². The van der Waals surface area contributed by atoms with Gasteiger partial charge in [0.15, 0.2) is 23.0 Å². The smallest absolute Gasteiger partial charge is 0.269 e. The molecule has 0 spiro atoms. The predicted octanol–water partition coefficient (Wildman–Crippen LogP) is 3.89. The summed E-state index contributed by atoms with van der Waals surface area (Å²) < 4.78 is 46.8. The molecule has 1 fully saturated rings. The van der Waals surface area contributed by atoms with Gasteiger partial charge in [0.2, 0.25) is 11.7 Å². The minimum atomic E-state index is -3.96. The standard InChI is InChI=1S/C30H33N7O6S/c1-19-7-9-22(10-8-19)44(39,40)37-13-11-23-28(36-12-5-6-20(36)17-38)33-30(34-29(23)37)32-26-16-35(18-31-26)21-14-24(41-2)27(43-4)25(15-21)42-3/h7-11,13-16,18,20,38H,5-6,12,17H2,1-4H3,(H,32,33,34). The third kappa shape index (κ3) is 5.15. The minimum absolute atomic E-state index is 0.0458. The topological polar surface area (TPSA) is 146 Å². The summed E-state index contributed by atoms with van der Waals surface area (Å²) in [6.45, 7) is 2.52. The first-order chi connectivity index (χ1) is 21.3. The zero-order chi connectivity index (χ0) is 31.0. The van der Waals surface area contributed by atoms with Crippen LogP contribution in [0, 0.1) is 6.92 Å². The van der Waals surface area contributed by atoms with Crippen LogP contribution in [-0.4, -0.2) is 77.5 Å². The molecule has 0 amide bonds. The van der Waals surface area contributed by atoms with Gasteiger partial charge in [0, 0.05) is 24.9 Å². The van der Waals surface area contributed by atoms with Crippen molar-refractivity contribution in [3.8, 4) is 22.9 Å². The molecule has 3 aromatic heterocycles. The van der Waals surface area contributed by atoms with E-state index in [2.05, 4.69) is 15.3 Å². The molecule has 1 unspecified atom stereocenters. The molecule has 14 heteroatoms. The van der Waals surface area contributed by atoms with E-state index < -0.39 is 10.0 Å². The SMILES string of the molecule is COc1cc(-n2cnc(Nc3nc(N4CCCC4CO)c4ccn(S(=O)(=O)c5ccc(C)cc5)c4n3)c2)cc(OC)c1OC. The molecule has 0 radical (unpaired) electrons. The Kier molecular flexibility index (Phi) is 7.78. The van der Waals surface area contributed by atoms with Crippen LogP contribution < -0.4 is 24.4 Å². The molecule has 0 saturated carbocycles. The summed E-state index contributed by atoms with van der Waals surface area (Å²) in [5.41, 5.74) is 1.87. The summed E-state index contributed by atoms with van der Waals surface area (Å²) in [4.78, 5) is 16.1. The van der Waals surface area contributed by atoms with Crippen molar-refractivity contribution in [2.24, 2.45) is 0 Å². The van der Waals surface area contributed by atoms with E-state index in [9.17, 15) is 13.5 Å². The highest BCUT2D eigenvalue weighted by Crippen LogP contribution is 2.39. The molecule has 230 valence electrons. The third-order valence-corrected chi connectivity index (χ3v) is 9.38. The fourth-order valence-electron chi connectivity index (χ4n) is 5.43. The highest BCUT2D eigenvalue weighted by molar-refractivity contribution is 7.90. The quantitative estimate of drug-likeness (QED) is 0.235. The molecule has 1 aliphatic heterocycles. The maximum atomic E-state index is 13.7. The Hall–Kier alpha value is -4.82. The van der Waals surface area contributed by atoms with Crippen molar-refractivity contribution in [1.29, 1.82) is 0 Å². The largest absolute Gasteiger partial charge is 0.493 e. The van der Waals surface area contributed by atoms with Gasteiger partial charge in [-0.05, 0) is 38.0 Å². The van der Waals surface area contributed by atoms with Crippen molar-refractivity contribution in [3.05, 3.63) is 66.7 Å². The number of nitrogens with one attached hydrogen (secondary N) is 1. The zero-order valence-corrected chi connectivity index (χ0v) is 25.6. The van der Waals surface area contributed by atoms with Crippen LogP contribution in [-0.2, 0) is 10.0 Å². The second-order valence-electron chi connectivity index (χ2n) is 10.4. The molecule has 44 heavy (non-hydrogen) atoms. The van der Waals surface area contributed by atoms with Crippen LogP contribution >= 0.6 is 0 Å². The van der Waals surface area contributed by atoms with E-state index in [0.717, 1.165) is 18.4 Å². The van der Waals surface area contributed by atoms with E-state index in [0.29, 0.717) is 46.5 Å². The monoisotopic (exact) mass is 619 g/mol. The van der Waals surface area contributed by atoms with Crippen molar-refractivity contribution < 1.29 is 27.7 Å². The predicted molar refractivity (Wildman–Crippen MR) is 165 cm³/mol. The van der Waals surface area contributed by atoms with Gasteiger partial charge in [-0.2, -0.15) is 9.97 Å². The number of nitrogens with zero attached hydrogens (tertiary/aromatic N) is 6. The molecular formula is C30H33N7O6S. The molecule has 1 atom stereocenters. The first-order valence-corrected chi connectivity index (χ1v) is 15.4. The van der Waals surface area contributed by atoms with Crippen LogP contribution in [0.1, 0.15) is 18.4 Å². The Morgan fingerprint density at radius 3 is 2.41 bits per heavy atom. The summed E-state index contributed by atoms with van der Waals surface area (Å²) in [5, 5.41) is 13.8. The molecule has 13 nitrogen and oxygen atoms in total. The lowest BCUT2D eigenvalue weighted by molar-refractivity contribution is 0.266. The van der Waals surface area contributed by atoms with E-state index in [1.54, 1.807) is 73.8 Å². The highest BCUT2D eigenvalue weighted by Gasteiger charge is 2.30. The first kappa shape index (κ1) is 29.3. The van der Waals surface area contributed by atoms with Crippen LogP contribution in [0.2, 0.25) is 0 Å². The Balaban J connectivity index is 1.42. The molecule has 0 bridgehead atoms. The van der Waals surface area contributed by atoms with Crippen LogP contribution in [0.25, 0.3) is 16.7 Å². The van der Waals surface area contributed by atoms with Gasteiger partial charge in [-0.3, -0.25) is 0 Å². The van der Waals surface area contributed by atoms with Gasteiger partial charge in [-0.1, -0.05) is 17.7 Å². The Bertz CT molecular complexity index is 1900. The average Bonchev–Trinajstić information content (AvgIpc) is 3.80. The van der Waals surface area contributed by atoms with Crippen LogP contribution in [0.15, 0.2) is 66.1 Å². The van der Waals surface area contributed by atoms with Crippen molar-refractivity contribution in [2.75, 3.05) is 44.7 Å². The number of fused-ring (bicyclic) bond motifs is 1. The Morgan fingerprint density at radius 1 is 1.02 bits per heavy atom. The number of anilines is 3. The van der Waals surface area contributed by atoms with Gasteiger partial charge >= 0.3 is 0 Å². The summed E-state index contributed by atoms with van der Waals surface area (Å²) in [6.07, 6.45) is 6.51. The van der Waals surface area contributed by atoms with E-state index >= 15 is 0 Å². The van der Waals surface area contributed by atoms with E-state index in [-0.39, 0.29) is 29.1 Å². The maximum absolute atomic E-state index is 13.7. The summed E-state index contributed by atoms with van der Waals surface area (Å²) in [7, 11) is 0.668. The molecule has 1 aliphatic rings.